The van der Waals surface area contributed by atoms with Crippen LogP contribution in [0.25, 0.3) is 0 Å². The van der Waals surface area contributed by atoms with Crippen LogP contribution in [0.15, 0.2) is 84.9 Å². The molecule has 0 bridgehead atoms. The summed E-state index contributed by atoms with van der Waals surface area (Å²) in [7, 11) is 0. The van der Waals surface area contributed by atoms with E-state index in [1.807, 2.05) is 72.8 Å². The van der Waals surface area contributed by atoms with Crippen LogP contribution >= 0.6 is 12.2 Å². The van der Waals surface area contributed by atoms with Crippen molar-refractivity contribution in [2.45, 2.75) is 32.1 Å². The first-order chi connectivity index (χ1) is 15.3. The van der Waals surface area contributed by atoms with E-state index in [1.165, 1.54) is 0 Å². The summed E-state index contributed by atoms with van der Waals surface area (Å²) in [5, 5.41) is 2.70. The summed E-state index contributed by atoms with van der Waals surface area (Å²) >= 11 is 5.23. The lowest BCUT2D eigenvalue weighted by atomic mass is 9.87. The van der Waals surface area contributed by atoms with Crippen molar-refractivity contribution in [3.8, 4) is 0 Å². The maximum atomic E-state index is 13.0. The molecule has 0 aromatic heterocycles. The summed E-state index contributed by atoms with van der Waals surface area (Å²) in [5.41, 5.74) is 8.48. The second-order valence-electron chi connectivity index (χ2n) is 8.48. The molecule has 0 spiro atoms. The Morgan fingerprint density at radius 3 is 1.72 bits per heavy atom. The van der Waals surface area contributed by atoms with Crippen molar-refractivity contribution in [3.05, 3.63) is 107 Å². The van der Waals surface area contributed by atoms with Crippen molar-refractivity contribution in [2.24, 2.45) is 0 Å². The Balaban J connectivity index is 1.63. The van der Waals surface area contributed by atoms with E-state index in [4.69, 9.17) is 12.2 Å². The minimum absolute atomic E-state index is 0.00709. The van der Waals surface area contributed by atoms with Crippen LogP contribution in [0.5, 0.6) is 0 Å². The Morgan fingerprint density at radius 2 is 1.25 bits per heavy atom. The molecule has 0 aliphatic heterocycles. The van der Waals surface area contributed by atoms with Crippen molar-refractivity contribution < 1.29 is 9.59 Å². The number of hydrazine groups is 1. The molecule has 2 amide bonds. The van der Waals surface area contributed by atoms with Gasteiger partial charge in [-0.3, -0.25) is 20.4 Å². The molecular weight excluding hydrogens is 418 g/mol. The molecule has 3 aromatic carbocycles. The number of hydrogen-bond acceptors (Lipinski definition) is 3. The fourth-order valence-electron chi connectivity index (χ4n) is 3.31. The van der Waals surface area contributed by atoms with Crippen LogP contribution in [0.1, 0.15) is 53.7 Å². The van der Waals surface area contributed by atoms with E-state index in [2.05, 4.69) is 36.9 Å². The zero-order valence-electron chi connectivity index (χ0n) is 18.4. The largest absolute Gasteiger partial charge is 0.301 e. The molecule has 0 saturated carbocycles. The van der Waals surface area contributed by atoms with E-state index in [9.17, 15) is 9.59 Å². The normalized spacial score (nSPS) is 11.0. The number of hydrogen-bond donors (Lipinski definition) is 3. The Morgan fingerprint density at radius 1 is 0.750 bits per heavy atom. The summed E-state index contributed by atoms with van der Waals surface area (Å²) in [6.45, 7) is 6.34. The maximum Gasteiger partial charge on any atom is 0.269 e. The van der Waals surface area contributed by atoms with Gasteiger partial charge in [0.1, 0.15) is 0 Å². The first-order valence-corrected chi connectivity index (χ1v) is 10.8. The van der Waals surface area contributed by atoms with E-state index in [-0.39, 0.29) is 22.3 Å². The third-order valence-corrected chi connectivity index (χ3v) is 5.27. The molecule has 5 nitrogen and oxygen atoms in total. The maximum absolute atomic E-state index is 13.0. The SMILES string of the molecule is CC(C)(C)c1ccc(C(=O)NNC(=S)NC(=O)C(c2ccccc2)c2ccccc2)cc1. The van der Waals surface area contributed by atoms with Gasteiger partial charge in [0.25, 0.3) is 5.91 Å². The van der Waals surface area contributed by atoms with Crippen LogP contribution in [0.3, 0.4) is 0 Å². The lowest BCUT2D eigenvalue weighted by molar-refractivity contribution is -0.120. The lowest BCUT2D eigenvalue weighted by Gasteiger charge is -2.19. The van der Waals surface area contributed by atoms with Crippen molar-refractivity contribution in [1.82, 2.24) is 16.2 Å². The van der Waals surface area contributed by atoms with Crippen molar-refractivity contribution in [1.29, 1.82) is 0 Å². The molecule has 3 aromatic rings. The predicted octanol–water partition coefficient (Wildman–Crippen LogP) is 4.45. The van der Waals surface area contributed by atoms with Gasteiger partial charge in [0, 0.05) is 5.56 Å². The quantitative estimate of drug-likeness (QED) is 0.410. The third-order valence-electron chi connectivity index (χ3n) is 5.07. The summed E-state index contributed by atoms with van der Waals surface area (Å²) in [4.78, 5) is 25.5. The molecule has 0 aliphatic carbocycles. The average Bonchev–Trinajstić information content (AvgIpc) is 2.78. The minimum atomic E-state index is -0.530. The number of carbonyl (C=O) groups excluding carboxylic acids is 2. The van der Waals surface area contributed by atoms with Gasteiger partial charge in [0.2, 0.25) is 5.91 Å². The van der Waals surface area contributed by atoms with Gasteiger partial charge >= 0.3 is 0 Å². The highest BCUT2D eigenvalue weighted by molar-refractivity contribution is 7.80. The lowest BCUT2D eigenvalue weighted by Crippen LogP contribution is -2.49. The summed E-state index contributed by atoms with van der Waals surface area (Å²) in [6.07, 6.45) is 0. The molecule has 3 N–H and O–H groups in total. The van der Waals surface area contributed by atoms with Gasteiger partial charge in [-0.2, -0.15) is 0 Å². The molecule has 0 heterocycles. The van der Waals surface area contributed by atoms with Gasteiger partial charge in [-0.25, -0.2) is 0 Å². The number of nitrogens with one attached hydrogen (secondary N) is 3. The number of carbonyl (C=O) groups is 2. The monoisotopic (exact) mass is 445 g/mol. The summed E-state index contributed by atoms with van der Waals surface area (Å²) < 4.78 is 0. The first-order valence-electron chi connectivity index (χ1n) is 10.4. The highest BCUT2D eigenvalue weighted by Gasteiger charge is 2.23. The van der Waals surface area contributed by atoms with Gasteiger partial charge in [-0.15, -0.1) is 0 Å². The topological polar surface area (TPSA) is 70.2 Å². The second kappa shape index (κ2) is 10.2. The molecule has 0 atom stereocenters. The average molecular weight is 446 g/mol. The zero-order chi connectivity index (χ0) is 23.1. The molecule has 0 radical (unpaired) electrons. The Hall–Kier alpha value is -3.51. The number of rotatable bonds is 4. The second-order valence-corrected chi connectivity index (χ2v) is 8.89. The predicted molar refractivity (Wildman–Crippen MR) is 131 cm³/mol. The van der Waals surface area contributed by atoms with Gasteiger partial charge in [0.15, 0.2) is 5.11 Å². The van der Waals surface area contributed by atoms with Crippen molar-refractivity contribution >= 4 is 29.1 Å². The molecule has 0 saturated heterocycles. The van der Waals surface area contributed by atoms with Crippen LogP contribution in [0.4, 0.5) is 0 Å². The standard InChI is InChI=1S/C26H27N3O2S/c1-26(2,3)21-16-14-20(15-17-21)23(30)28-29-25(32)27-24(31)22(18-10-6-4-7-11-18)19-12-8-5-9-13-19/h4-17,22H,1-3H3,(H,28,30)(H2,27,29,31,32). The van der Waals surface area contributed by atoms with Crippen molar-refractivity contribution in [3.63, 3.8) is 0 Å². The van der Waals surface area contributed by atoms with Gasteiger partial charge in [-0.1, -0.05) is 93.6 Å². The molecule has 3 rings (SSSR count). The third kappa shape index (κ3) is 6.02. The summed E-state index contributed by atoms with van der Waals surface area (Å²) in [5.74, 6) is -1.16. The van der Waals surface area contributed by atoms with Gasteiger partial charge in [-0.05, 0) is 46.5 Å². The molecule has 0 aliphatic rings. The van der Waals surface area contributed by atoms with Crippen LogP contribution in [0.2, 0.25) is 0 Å². The molecular formula is C26H27N3O2S. The molecule has 32 heavy (non-hydrogen) atoms. The number of benzene rings is 3. The van der Waals surface area contributed by atoms with E-state index in [0.29, 0.717) is 5.56 Å². The zero-order valence-corrected chi connectivity index (χ0v) is 19.2. The van der Waals surface area contributed by atoms with Gasteiger partial charge < -0.3 is 5.32 Å². The summed E-state index contributed by atoms with van der Waals surface area (Å²) in [6, 6.07) is 26.3. The minimum Gasteiger partial charge on any atom is -0.301 e. The number of thiocarbonyl (C=S) groups is 1. The Kier molecular flexibility index (Phi) is 7.38. The highest BCUT2D eigenvalue weighted by Crippen LogP contribution is 2.25. The van der Waals surface area contributed by atoms with E-state index in [0.717, 1.165) is 16.7 Å². The highest BCUT2D eigenvalue weighted by atomic mass is 32.1. The van der Waals surface area contributed by atoms with Gasteiger partial charge in [0.05, 0.1) is 5.92 Å². The molecule has 0 fully saturated rings. The van der Waals surface area contributed by atoms with Crippen LogP contribution in [0, 0.1) is 0 Å². The molecule has 6 heteroatoms. The molecule has 164 valence electrons. The fourth-order valence-corrected chi connectivity index (χ4v) is 3.46. The number of amides is 2. The van der Waals surface area contributed by atoms with Crippen LogP contribution < -0.4 is 16.2 Å². The van der Waals surface area contributed by atoms with Crippen LogP contribution in [-0.2, 0) is 10.2 Å². The fraction of sp³-hybridized carbons (Fsp3) is 0.192. The van der Waals surface area contributed by atoms with E-state index < -0.39 is 5.92 Å². The Labute approximate surface area is 194 Å². The Bertz CT molecular complexity index is 1040. The van der Waals surface area contributed by atoms with E-state index in [1.54, 1.807) is 12.1 Å². The smallest absolute Gasteiger partial charge is 0.269 e. The van der Waals surface area contributed by atoms with E-state index >= 15 is 0 Å². The van der Waals surface area contributed by atoms with Crippen molar-refractivity contribution in [2.75, 3.05) is 0 Å². The molecule has 0 unspecified atom stereocenters. The first kappa shape index (κ1) is 23.2. The van der Waals surface area contributed by atoms with Crippen LogP contribution in [-0.4, -0.2) is 16.9 Å².